The van der Waals surface area contributed by atoms with Crippen molar-refractivity contribution in [2.45, 2.75) is 105 Å². The molecule has 128 heavy (non-hydrogen) atoms. The standard InChI is InChI=1S/C35H57N7O12.C30H48N6O10.C19H39N4O4P/c1-35(2,3)36-27-6-4-26(5-7-27)18-28-19-41(24-33(51)52)15-14-39(22-31(47)48)11-10-37(20-29(43)44)8-9-38(21-30(45)46)12-13-40(23-32(49)50)16-17-42(28)25-34(53)54;1-30(2,3)31-23-6-4-22(5-7-23)24-16-35(20-28(43)44)13-12-33(18-26(39)40)9-8-32(17-25(37)38)10-11-34(19-27(41)42)14-15-36(24)21-29(45)46;1-19(2,3)18(24)16-22-8-4-6-20-10-12-21(13-11-20)7-5-9-23(15-14-22)17-28(25,26)27/h4-7,28,36H,8-25H2,1-3H3,(H,43,44)(H,45,46)(H,47,48)(H,49,50)(H,51,52)(H,53,54);4-7,24,31H,8-21H2,1-3H3,(H,37,38)(H,39,40)(H,41,42)(H,43,44)(H,45,46);4-17H2,1-3H3,(H2,25,26,27). The molecule has 7 rings (SSSR count). The van der Waals surface area contributed by atoms with E-state index >= 15 is 0 Å². The van der Waals surface area contributed by atoms with Gasteiger partial charge in [-0.3, -0.25) is 126 Å². The predicted octanol–water partition coefficient (Wildman–Crippen LogP) is -0.222. The summed E-state index contributed by atoms with van der Waals surface area (Å²) in [5, 5.41) is 113. The molecule has 0 aliphatic carbocycles. The summed E-state index contributed by atoms with van der Waals surface area (Å²) in [6.45, 7) is 25.4. The highest BCUT2D eigenvalue weighted by atomic mass is 31.2. The zero-order chi connectivity index (χ0) is 95.7. The fraction of sp³-hybridized carbons (Fsp3) is 0.714. The molecule has 2 unspecified atom stereocenters. The number of ketones is 1. The lowest BCUT2D eigenvalue weighted by molar-refractivity contribution is -0.141. The Balaban J connectivity index is 0.000000421. The molecule has 0 aromatic heterocycles. The number of benzene rings is 2. The lowest BCUT2D eigenvalue weighted by Gasteiger charge is -2.37. The number of fused-ring (bicyclic) bond motifs is 11. The summed E-state index contributed by atoms with van der Waals surface area (Å²) in [5.74, 6) is -12.2. The second-order valence-corrected chi connectivity index (χ2v) is 38.0. The lowest BCUT2D eigenvalue weighted by atomic mass is 9.90. The number of hydrogen-bond acceptors (Lipinski definition) is 30. The van der Waals surface area contributed by atoms with E-state index < -0.39 is 138 Å². The highest BCUT2D eigenvalue weighted by Gasteiger charge is 2.33. The van der Waals surface area contributed by atoms with Crippen LogP contribution in [0, 0.1) is 5.41 Å². The minimum Gasteiger partial charge on any atom is -0.480 e. The Kier molecular flexibility index (Phi) is 49.1. The Bertz CT molecular complexity index is 3850. The van der Waals surface area contributed by atoms with Crippen LogP contribution in [-0.4, -0.2) is 509 Å². The van der Waals surface area contributed by atoms with Crippen LogP contribution in [0.5, 0.6) is 0 Å². The molecular weight excluding hydrogens is 1690 g/mol. The van der Waals surface area contributed by atoms with Gasteiger partial charge in [0.2, 0.25) is 0 Å². The smallest absolute Gasteiger partial charge is 0.339 e. The zero-order valence-electron chi connectivity index (χ0n) is 76.1. The van der Waals surface area contributed by atoms with Crippen molar-refractivity contribution in [3.63, 3.8) is 0 Å². The van der Waals surface area contributed by atoms with Gasteiger partial charge in [-0.05, 0) is 116 Å². The van der Waals surface area contributed by atoms with Crippen LogP contribution in [0.25, 0.3) is 0 Å². The van der Waals surface area contributed by atoms with Crippen LogP contribution in [0.3, 0.4) is 0 Å². The van der Waals surface area contributed by atoms with Gasteiger partial charge in [-0.15, -0.1) is 0 Å². The van der Waals surface area contributed by atoms with Crippen LogP contribution in [0.4, 0.5) is 11.4 Å². The summed E-state index contributed by atoms with van der Waals surface area (Å²) in [4.78, 5) is 189. The Hall–Kier alpha value is -8.57. The second kappa shape index (κ2) is 56.2. The predicted molar refractivity (Wildman–Crippen MR) is 476 cm³/mol. The monoisotopic (exact) mass is 1840 g/mol. The van der Waals surface area contributed by atoms with Crippen molar-refractivity contribution in [2.24, 2.45) is 5.41 Å². The first-order valence-electron chi connectivity index (χ1n) is 43.4. The number of carboxylic acids is 11. The van der Waals surface area contributed by atoms with E-state index in [-0.39, 0.29) is 179 Å². The number of rotatable bonds is 31. The molecule has 5 saturated heterocycles. The second-order valence-electron chi connectivity index (χ2n) is 36.4. The molecule has 44 heteroatoms. The van der Waals surface area contributed by atoms with E-state index in [2.05, 4.69) is 25.3 Å². The van der Waals surface area contributed by atoms with E-state index in [4.69, 9.17) is 0 Å². The molecule has 0 amide bonds. The summed E-state index contributed by atoms with van der Waals surface area (Å²) >= 11 is 0. The van der Waals surface area contributed by atoms with E-state index in [0.29, 0.717) is 32.6 Å². The van der Waals surface area contributed by atoms with Gasteiger partial charge in [0.15, 0.2) is 5.78 Å². The van der Waals surface area contributed by atoms with E-state index in [9.17, 15) is 128 Å². The normalized spacial score (nSPS) is 21.2. The van der Waals surface area contributed by atoms with Gasteiger partial charge in [0.25, 0.3) is 0 Å². The summed E-state index contributed by atoms with van der Waals surface area (Å²) in [6.07, 6.45) is 2.01. The number of aliphatic carboxylic acids is 11. The molecule has 2 bridgehead atoms. The largest absolute Gasteiger partial charge is 0.480 e. The van der Waals surface area contributed by atoms with Crippen LogP contribution in [-0.2, 0) is 68.5 Å². The topological polar surface area (TPSA) is 558 Å². The van der Waals surface area contributed by atoms with Crippen molar-refractivity contribution in [3.05, 3.63) is 59.7 Å². The number of hydrogen-bond donors (Lipinski definition) is 15. The molecule has 15 N–H and O–H groups in total. The van der Waals surface area contributed by atoms with Crippen molar-refractivity contribution in [3.8, 4) is 0 Å². The van der Waals surface area contributed by atoms with Crippen LogP contribution in [0.2, 0.25) is 0 Å². The number of anilines is 2. The number of nitrogens with one attached hydrogen (secondary N) is 2. The van der Waals surface area contributed by atoms with Gasteiger partial charge in [-0.1, -0.05) is 45.0 Å². The average Bonchev–Trinajstić information content (AvgIpc) is 0.864. The summed E-state index contributed by atoms with van der Waals surface area (Å²) in [5.41, 5.74) is 2.48. The fourth-order valence-corrected chi connectivity index (χ4v) is 16.2. The van der Waals surface area contributed by atoms with Gasteiger partial charge in [0.05, 0.1) is 78.5 Å². The molecule has 2 aromatic rings. The summed E-state index contributed by atoms with van der Waals surface area (Å²) < 4.78 is 11.6. The quantitative estimate of drug-likeness (QED) is 0.0434. The SMILES string of the molecule is CC(C)(C)C(=O)CN1CCCN2CCN(CCCN(CP(=O)(O)O)CC1)CC2.CC(C)(C)Nc1ccc(C2CN(CC(=O)O)CCN(CC(=O)O)CCN(CC(=O)O)CCN(CC(=O)O)CCN2CC(=O)O)cc1.CC(C)(C)Nc1ccc(CC2CN(CC(=O)O)CCN(CC(=O)O)CCN(CC(=O)O)CCN(CC(=O)O)CCN(CC(=O)O)CCN2CC(=O)O)cc1. The van der Waals surface area contributed by atoms with E-state index in [1.165, 1.54) is 0 Å². The Morgan fingerprint density at radius 3 is 0.867 bits per heavy atom. The molecule has 726 valence electrons. The Morgan fingerprint density at radius 2 is 0.562 bits per heavy atom. The van der Waals surface area contributed by atoms with Crippen LogP contribution >= 0.6 is 7.60 Å². The first kappa shape index (κ1) is 112. The van der Waals surface area contributed by atoms with Crippen molar-refractivity contribution < 1.29 is 128 Å². The van der Waals surface area contributed by atoms with E-state index in [1.54, 1.807) is 53.9 Å². The number of nitrogens with zero attached hydrogens (tertiary/aromatic N) is 15. The third-order valence-electron chi connectivity index (χ3n) is 21.7. The maximum Gasteiger partial charge on any atom is 0.339 e. The number of carbonyl (C=O) groups is 12. The molecule has 5 aliphatic heterocycles. The molecule has 0 saturated carbocycles. The number of carbonyl (C=O) groups excluding carboxylic acids is 1. The third kappa shape index (κ3) is 51.1. The Labute approximate surface area is 750 Å². The van der Waals surface area contributed by atoms with Crippen molar-refractivity contribution in [1.29, 1.82) is 0 Å². The molecule has 5 aliphatic rings. The van der Waals surface area contributed by atoms with E-state index in [0.717, 1.165) is 81.2 Å². The average molecular weight is 1840 g/mol. The third-order valence-corrected chi connectivity index (χ3v) is 22.5. The molecule has 2 atom stereocenters. The maximum absolute atomic E-state index is 12.5. The molecule has 0 spiro atoms. The maximum atomic E-state index is 12.5. The highest BCUT2D eigenvalue weighted by Crippen LogP contribution is 2.35. The number of Topliss-reactive ketones (excluding diaryl/α,β-unsaturated/α-hetero) is 1. The van der Waals surface area contributed by atoms with Gasteiger partial charge in [-0.25, -0.2) is 0 Å². The van der Waals surface area contributed by atoms with Crippen LogP contribution in [0.1, 0.15) is 92.3 Å². The van der Waals surface area contributed by atoms with Gasteiger partial charge >= 0.3 is 73.3 Å². The fourth-order valence-electron chi connectivity index (χ4n) is 15.4. The summed E-state index contributed by atoms with van der Waals surface area (Å²) in [6, 6.07) is 13.8. The molecule has 5 heterocycles. The minimum atomic E-state index is -4.10. The van der Waals surface area contributed by atoms with E-state index in [1.807, 2.05) is 116 Å². The highest BCUT2D eigenvalue weighted by molar-refractivity contribution is 7.51. The molecule has 5 fully saturated rings. The number of carboxylic acid groups (broad SMARTS) is 11. The van der Waals surface area contributed by atoms with Gasteiger partial charge in [0.1, 0.15) is 6.29 Å². The minimum absolute atomic E-state index is 0.0684. The first-order valence-corrected chi connectivity index (χ1v) is 45.2. The molecule has 0 radical (unpaired) electrons. The zero-order valence-corrected chi connectivity index (χ0v) is 77.0. The van der Waals surface area contributed by atoms with Gasteiger partial charge in [-0.2, -0.15) is 0 Å². The van der Waals surface area contributed by atoms with Crippen LogP contribution < -0.4 is 10.6 Å². The summed E-state index contributed by atoms with van der Waals surface area (Å²) in [7, 11) is -4.10. The van der Waals surface area contributed by atoms with Crippen molar-refractivity contribution in [2.75, 3.05) is 292 Å². The van der Waals surface area contributed by atoms with Gasteiger partial charge < -0.3 is 86.4 Å². The molecular formula is C84H144N17O26P. The first-order chi connectivity index (χ1) is 59.8. The Morgan fingerprint density at radius 1 is 0.305 bits per heavy atom. The van der Waals surface area contributed by atoms with Crippen molar-refractivity contribution >= 4 is 90.4 Å². The van der Waals surface area contributed by atoms with Crippen LogP contribution in [0.15, 0.2) is 48.5 Å². The molecule has 2 aromatic carbocycles. The lowest BCUT2D eigenvalue weighted by Crippen LogP contribution is -2.52. The van der Waals surface area contributed by atoms with Crippen molar-refractivity contribution in [1.82, 2.24) is 73.5 Å². The molecule has 43 nitrogen and oxygen atoms in total. The van der Waals surface area contributed by atoms with Gasteiger partial charge in [0, 0.05) is 217 Å². The number of piperazine rings is 1.